The van der Waals surface area contributed by atoms with E-state index in [1.165, 1.54) is 0 Å². The lowest BCUT2D eigenvalue weighted by Gasteiger charge is -2.17. The molecule has 0 spiro atoms. The van der Waals surface area contributed by atoms with Crippen LogP contribution in [0.2, 0.25) is 0 Å². The van der Waals surface area contributed by atoms with Crippen molar-refractivity contribution in [2.45, 2.75) is 44.5 Å². The normalized spacial score (nSPS) is 25.5. The second-order valence-electron chi connectivity index (χ2n) is 5.48. The van der Waals surface area contributed by atoms with Gasteiger partial charge in [-0.1, -0.05) is 0 Å². The predicted octanol–water partition coefficient (Wildman–Crippen LogP) is 0.563. The van der Waals surface area contributed by atoms with Gasteiger partial charge >= 0.3 is 0 Å². The molecule has 1 amide bonds. The summed E-state index contributed by atoms with van der Waals surface area (Å²) < 4.78 is 11.0. The molecule has 7 heteroatoms. The molecule has 2 heterocycles. The average molecular weight is 266 g/mol. The van der Waals surface area contributed by atoms with Gasteiger partial charge in [0, 0.05) is 12.5 Å². The first-order valence-corrected chi connectivity index (χ1v) is 6.56. The molecule has 1 aliphatic heterocycles. The molecule has 1 saturated carbocycles. The van der Waals surface area contributed by atoms with E-state index in [0.29, 0.717) is 19.1 Å². The lowest BCUT2D eigenvalue weighted by molar-refractivity contribution is -0.137. The first-order valence-electron chi connectivity index (χ1n) is 6.56. The first-order chi connectivity index (χ1) is 9.03. The Morgan fingerprint density at radius 2 is 2.32 bits per heavy atom. The number of rotatable bonds is 4. The Bertz CT molecular complexity index is 481. The molecule has 1 saturated heterocycles. The molecule has 3 rings (SSSR count). The Morgan fingerprint density at radius 1 is 1.53 bits per heavy atom. The third-order valence-corrected chi connectivity index (χ3v) is 3.23. The van der Waals surface area contributed by atoms with Crippen LogP contribution in [0.5, 0.6) is 0 Å². The predicted molar refractivity (Wildman–Crippen MR) is 65.6 cm³/mol. The summed E-state index contributed by atoms with van der Waals surface area (Å²) in [6.07, 6.45) is 2.12. The van der Waals surface area contributed by atoms with Crippen molar-refractivity contribution < 1.29 is 14.3 Å². The Hall–Kier alpha value is -1.47. The minimum Gasteiger partial charge on any atom is -0.348 e. The van der Waals surface area contributed by atoms with Crippen molar-refractivity contribution >= 4 is 5.91 Å². The van der Waals surface area contributed by atoms with Crippen LogP contribution in [0.25, 0.3) is 0 Å². The highest BCUT2D eigenvalue weighted by Gasteiger charge is 2.33. The summed E-state index contributed by atoms with van der Waals surface area (Å²) in [5, 5.41) is 9.51. The number of carbonyl (C=O) groups excluding carboxylic acids is 1. The molecular formula is C12H18N4O3. The van der Waals surface area contributed by atoms with Crippen LogP contribution in [0, 0.1) is 0 Å². The van der Waals surface area contributed by atoms with E-state index in [0.717, 1.165) is 18.7 Å². The van der Waals surface area contributed by atoms with E-state index in [4.69, 9.17) is 9.47 Å². The topological polar surface area (TPSA) is 89.1 Å². The van der Waals surface area contributed by atoms with Crippen LogP contribution in [0.3, 0.4) is 0 Å². The fourth-order valence-corrected chi connectivity index (χ4v) is 2.06. The molecule has 104 valence electrons. The van der Waals surface area contributed by atoms with Crippen LogP contribution in [-0.4, -0.2) is 46.1 Å². The minimum atomic E-state index is -0.570. The number of aromatic nitrogens is 3. The van der Waals surface area contributed by atoms with Gasteiger partial charge in [-0.25, -0.2) is 4.98 Å². The summed E-state index contributed by atoms with van der Waals surface area (Å²) in [7, 11) is 0. The maximum absolute atomic E-state index is 11.9. The zero-order valence-electron chi connectivity index (χ0n) is 11.1. The molecule has 1 atom stereocenters. The minimum absolute atomic E-state index is 0.124. The van der Waals surface area contributed by atoms with Crippen LogP contribution in [0.15, 0.2) is 0 Å². The van der Waals surface area contributed by atoms with Crippen LogP contribution >= 0.6 is 0 Å². The SMILES string of the molecule is CC1(C)OCC(CNC(=O)c2n[nH]c(C3CC3)n2)O1. The standard InChI is InChI=1S/C12H18N4O3/c1-12(2)18-6-8(19-12)5-13-11(17)10-14-9(15-16-10)7-3-4-7/h7-8H,3-6H2,1-2H3,(H,13,17)(H,14,15,16). The van der Waals surface area contributed by atoms with Gasteiger partial charge in [-0.3, -0.25) is 9.89 Å². The monoisotopic (exact) mass is 266 g/mol. The largest absolute Gasteiger partial charge is 0.348 e. The van der Waals surface area contributed by atoms with Crippen molar-refractivity contribution in [3.8, 4) is 0 Å². The summed E-state index contributed by atoms with van der Waals surface area (Å²) in [4.78, 5) is 16.1. The lowest BCUT2D eigenvalue weighted by Crippen LogP contribution is -2.35. The summed E-state index contributed by atoms with van der Waals surface area (Å²) in [6, 6.07) is 0. The number of hydrogen-bond acceptors (Lipinski definition) is 5. The van der Waals surface area contributed by atoms with Gasteiger partial charge in [0.05, 0.1) is 6.61 Å². The molecule has 1 unspecified atom stereocenters. The van der Waals surface area contributed by atoms with Gasteiger partial charge in [-0.2, -0.15) is 0 Å². The van der Waals surface area contributed by atoms with Crippen molar-refractivity contribution in [1.82, 2.24) is 20.5 Å². The smallest absolute Gasteiger partial charge is 0.291 e. The number of nitrogens with one attached hydrogen (secondary N) is 2. The third kappa shape index (κ3) is 2.93. The van der Waals surface area contributed by atoms with E-state index in [1.807, 2.05) is 13.8 Å². The fraction of sp³-hybridized carbons (Fsp3) is 0.750. The maximum Gasteiger partial charge on any atom is 0.291 e. The van der Waals surface area contributed by atoms with Crippen molar-refractivity contribution in [2.24, 2.45) is 0 Å². The van der Waals surface area contributed by atoms with Gasteiger partial charge in [-0.15, -0.1) is 5.10 Å². The number of ether oxygens (including phenoxy) is 2. The van der Waals surface area contributed by atoms with Gasteiger partial charge < -0.3 is 14.8 Å². The van der Waals surface area contributed by atoms with Gasteiger partial charge in [0.2, 0.25) is 5.82 Å². The van der Waals surface area contributed by atoms with E-state index >= 15 is 0 Å². The van der Waals surface area contributed by atoms with Gasteiger partial charge in [-0.05, 0) is 26.7 Å². The molecule has 19 heavy (non-hydrogen) atoms. The van der Waals surface area contributed by atoms with Crippen molar-refractivity contribution in [2.75, 3.05) is 13.2 Å². The molecular weight excluding hydrogens is 248 g/mol. The summed E-state index contributed by atoms with van der Waals surface area (Å²) in [5.41, 5.74) is 0. The molecule has 2 N–H and O–H groups in total. The Balaban J connectivity index is 1.50. The van der Waals surface area contributed by atoms with Crippen LogP contribution < -0.4 is 5.32 Å². The highest BCUT2D eigenvalue weighted by atomic mass is 16.7. The Morgan fingerprint density at radius 3 is 2.95 bits per heavy atom. The number of aromatic amines is 1. The van der Waals surface area contributed by atoms with E-state index in [1.54, 1.807) is 0 Å². The van der Waals surface area contributed by atoms with Gasteiger partial charge in [0.25, 0.3) is 5.91 Å². The zero-order valence-corrected chi connectivity index (χ0v) is 11.1. The number of hydrogen-bond donors (Lipinski definition) is 2. The molecule has 1 aromatic rings. The van der Waals surface area contributed by atoms with E-state index < -0.39 is 5.79 Å². The van der Waals surface area contributed by atoms with E-state index in [9.17, 15) is 4.79 Å². The lowest BCUT2D eigenvalue weighted by atomic mass is 10.3. The number of nitrogens with zero attached hydrogens (tertiary/aromatic N) is 2. The van der Waals surface area contributed by atoms with Gasteiger partial charge in [0.1, 0.15) is 11.9 Å². The first kappa shape index (κ1) is 12.6. The third-order valence-electron chi connectivity index (χ3n) is 3.23. The Kier molecular flexibility index (Phi) is 3.02. The number of H-pyrrole nitrogens is 1. The Labute approximate surface area is 111 Å². The fourth-order valence-electron chi connectivity index (χ4n) is 2.06. The van der Waals surface area contributed by atoms with Gasteiger partial charge in [0.15, 0.2) is 5.79 Å². The summed E-state index contributed by atoms with van der Waals surface area (Å²) in [6.45, 7) is 4.59. The van der Waals surface area contributed by atoms with E-state index in [2.05, 4.69) is 20.5 Å². The quantitative estimate of drug-likeness (QED) is 0.831. The molecule has 1 aliphatic carbocycles. The summed E-state index contributed by atoms with van der Waals surface area (Å²) in [5.74, 6) is 0.615. The van der Waals surface area contributed by atoms with Crippen molar-refractivity contribution in [3.63, 3.8) is 0 Å². The number of carbonyl (C=O) groups is 1. The highest BCUT2D eigenvalue weighted by Crippen LogP contribution is 2.37. The second-order valence-corrected chi connectivity index (χ2v) is 5.48. The molecule has 1 aromatic heterocycles. The average Bonchev–Trinajstić information content (AvgIpc) is 2.98. The van der Waals surface area contributed by atoms with Crippen LogP contribution in [-0.2, 0) is 9.47 Å². The molecule has 2 aliphatic rings. The van der Waals surface area contributed by atoms with E-state index in [-0.39, 0.29) is 17.8 Å². The highest BCUT2D eigenvalue weighted by molar-refractivity contribution is 5.90. The molecule has 0 aromatic carbocycles. The maximum atomic E-state index is 11.9. The van der Waals surface area contributed by atoms with Crippen LogP contribution in [0.4, 0.5) is 0 Å². The molecule has 7 nitrogen and oxygen atoms in total. The molecule has 0 bridgehead atoms. The second kappa shape index (κ2) is 4.57. The van der Waals surface area contributed by atoms with Crippen molar-refractivity contribution in [3.05, 3.63) is 11.6 Å². The molecule has 0 radical (unpaired) electrons. The van der Waals surface area contributed by atoms with Crippen LogP contribution in [0.1, 0.15) is 49.1 Å². The van der Waals surface area contributed by atoms with Crippen molar-refractivity contribution in [1.29, 1.82) is 0 Å². The zero-order chi connectivity index (χ0) is 13.5. The molecule has 2 fully saturated rings. The summed E-state index contributed by atoms with van der Waals surface area (Å²) >= 11 is 0. The number of amides is 1.